The van der Waals surface area contributed by atoms with Crippen LogP contribution < -0.4 is 5.32 Å². The van der Waals surface area contributed by atoms with Gasteiger partial charge in [-0.3, -0.25) is 9.80 Å². The molecule has 0 spiro atoms. The maximum absolute atomic E-state index is 3.71. The summed E-state index contributed by atoms with van der Waals surface area (Å²) in [5.41, 5.74) is 0.265. The Labute approximate surface area is 131 Å². The van der Waals surface area contributed by atoms with Gasteiger partial charge in [-0.25, -0.2) is 0 Å². The molecule has 3 rings (SSSR count). The summed E-state index contributed by atoms with van der Waals surface area (Å²) in [6, 6.07) is 1.79. The van der Waals surface area contributed by atoms with Gasteiger partial charge in [0.15, 0.2) is 0 Å². The summed E-state index contributed by atoms with van der Waals surface area (Å²) in [5.74, 6) is 0.891. The molecule has 1 heterocycles. The average molecular weight is 293 g/mol. The molecule has 0 bridgehead atoms. The number of nitrogens with zero attached hydrogens (tertiary/aromatic N) is 2. The third kappa shape index (κ3) is 4.00. The summed E-state index contributed by atoms with van der Waals surface area (Å²) in [5, 5.41) is 3.71. The van der Waals surface area contributed by atoms with E-state index in [0.29, 0.717) is 0 Å². The Morgan fingerprint density at radius 3 is 2.00 bits per heavy atom. The number of hydrogen-bond acceptors (Lipinski definition) is 3. The van der Waals surface area contributed by atoms with Crippen molar-refractivity contribution in [2.45, 2.75) is 76.9 Å². The molecule has 0 aromatic heterocycles. The van der Waals surface area contributed by atoms with Crippen molar-refractivity contribution in [1.82, 2.24) is 15.1 Å². The molecule has 3 heteroatoms. The van der Waals surface area contributed by atoms with Crippen LogP contribution in [0.25, 0.3) is 0 Å². The van der Waals surface area contributed by atoms with Crippen molar-refractivity contribution >= 4 is 0 Å². The van der Waals surface area contributed by atoms with Crippen LogP contribution >= 0.6 is 0 Å². The van der Waals surface area contributed by atoms with Crippen LogP contribution in [0.5, 0.6) is 0 Å². The Bertz CT molecular complexity index is 322. The van der Waals surface area contributed by atoms with Gasteiger partial charge in [0, 0.05) is 43.8 Å². The number of piperazine rings is 1. The molecular formula is C18H35N3. The van der Waals surface area contributed by atoms with E-state index in [-0.39, 0.29) is 5.54 Å². The van der Waals surface area contributed by atoms with Gasteiger partial charge >= 0.3 is 0 Å². The molecule has 21 heavy (non-hydrogen) atoms. The van der Waals surface area contributed by atoms with Gasteiger partial charge in [0.2, 0.25) is 0 Å². The third-order valence-electron chi connectivity index (χ3n) is 5.93. The fourth-order valence-electron chi connectivity index (χ4n) is 4.41. The van der Waals surface area contributed by atoms with Crippen molar-refractivity contribution in [3.8, 4) is 0 Å². The molecule has 1 N–H and O–H groups in total. The Morgan fingerprint density at radius 1 is 0.857 bits per heavy atom. The first kappa shape index (κ1) is 15.8. The first-order valence-corrected chi connectivity index (χ1v) is 9.26. The molecule has 0 aromatic rings. The van der Waals surface area contributed by atoms with Crippen LogP contribution in [0.15, 0.2) is 0 Å². The molecule has 2 atom stereocenters. The van der Waals surface area contributed by atoms with E-state index in [0.717, 1.165) is 18.0 Å². The number of rotatable bonds is 4. The Kier molecular flexibility index (Phi) is 4.92. The summed E-state index contributed by atoms with van der Waals surface area (Å²) >= 11 is 0. The predicted octanol–water partition coefficient (Wildman–Crippen LogP) is 2.71. The van der Waals surface area contributed by atoms with E-state index in [9.17, 15) is 0 Å². The van der Waals surface area contributed by atoms with E-state index in [1.54, 1.807) is 0 Å². The summed E-state index contributed by atoms with van der Waals surface area (Å²) < 4.78 is 0. The van der Waals surface area contributed by atoms with E-state index < -0.39 is 0 Å². The van der Waals surface area contributed by atoms with Gasteiger partial charge in [-0.15, -0.1) is 0 Å². The van der Waals surface area contributed by atoms with Crippen LogP contribution in [0.4, 0.5) is 0 Å². The smallest absolute Gasteiger partial charge is 0.0137 e. The molecule has 0 aromatic carbocycles. The zero-order valence-corrected chi connectivity index (χ0v) is 14.4. The number of hydrogen-bond donors (Lipinski definition) is 1. The monoisotopic (exact) mass is 293 g/mol. The first-order chi connectivity index (χ1) is 10.0. The lowest BCUT2D eigenvalue weighted by atomic mass is 9.77. The Balaban J connectivity index is 1.42. The molecule has 122 valence electrons. The van der Waals surface area contributed by atoms with Gasteiger partial charge in [-0.2, -0.15) is 0 Å². The highest BCUT2D eigenvalue weighted by Crippen LogP contribution is 2.33. The zero-order chi connectivity index (χ0) is 14.9. The van der Waals surface area contributed by atoms with E-state index >= 15 is 0 Å². The second-order valence-corrected chi connectivity index (χ2v) is 8.55. The molecule has 2 saturated carbocycles. The second kappa shape index (κ2) is 6.55. The van der Waals surface area contributed by atoms with E-state index in [2.05, 4.69) is 35.9 Å². The third-order valence-corrected chi connectivity index (χ3v) is 5.93. The van der Waals surface area contributed by atoms with Crippen LogP contribution in [-0.2, 0) is 0 Å². The van der Waals surface area contributed by atoms with Crippen molar-refractivity contribution in [1.29, 1.82) is 0 Å². The zero-order valence-electron chi connectivity index (χ0n) is 14.4. The lowest BCUT2D eigenvalue weighted by Gasteiger charge is -2.49. The first-order valence-electron chi connectivity index (χ1n) is 9.26. The standard InChI is InChI=1S/C18H35N3/c1-18(2,3)19-14-15-8-9-17(15)21-12-10-20(11-13-21)16-6-4-5-7-16/h15-17,19H,4-14H2,1-3H3. The topological polar surface area (TPSA) is 18.5 Å². The van der Waals surface area contributed by atoms with E-state index in [1.165, 1.54) is 71.2 Å². The lowest BCUT2D eigenvalue weighted by Crippen LogP contribution is -2.58. The number of nitrogens with one attached hydrogen (secondary N) is 1. The van der Waals surface area contributed by atoms with Gasteiger partial charge in [0.05, 0.1) is 0 Å². The lowest BCUT2D eigenvalue weighted by molar-refractivity contribution is 0.00840. The van der Waals surface area contributed by atoms with Crippen LogP contribution in [0.2, 0.25) is 0 Å². The maximum Gasteiger partial charge on any atom is 0.0137 e. The van der Waals surface area contributed by atoms with Gasteiger partial charge in [-0.05, 0) is 58.9 Å². The quantitative estimate of drug-likeness (QED) is 0.860. The van der Waals surface area contributed by atoms with Crippen molar-refractivity contribution in [3.63, 3.8) is 0 Å². The molecule has 3 aliphatic rings. The highest BCUT2D eigenvalue weighted by atomic mass is 15.3. The van der Waals surface area contributed by atoms with Crippen molar-refractivity contribution in [2.24, 2.45) is 5.92 Å². The molecule has 1 saturated heterocycles. The second-order valence-electron chi connectivity index (χ2n) is 8.55. The minimum Gasteiger partial charge on any atom is -0.312 e. The van der Waals surface area contributed by atoms with Crippen LogP contribution in [0.1, 0.15) is 59.3 Å². The van der Waals surface area contributed by atoms with Crippen LogP contribution in [-0.4, -0.2) is 60.1 Å². The fourth-order valence-corrected chi connectivity index (χ4v) is 4.41. The average Bonchev–Trinajstić information content (AvgIpc) is 2.91. The Hall–Kier alpha value is -0.120. The highest BCUT2D eigenvalue weighted by Gasteiger charge is 2.37. The van der Waals surface area contributed by atoms with E-state index in [1.807, 2.05) is 0 Å². The van der Waals surface area contributed by atoms with Crippen molar-refractivity contribution < 1.29 is 0 Å². The van der Waals surface area contributed by atoms with Crippen LogP contribution in [0, 0.1) is 5.92 Å². The normalized spacial score (nSPS) is 33.3. The minimum atomic E-state index is 0.265. The summed E-state index contributed by atoms with van der Waals surface area (Å²) in [6.45, 7) is 13.3. The van der Waals surface area contributed by atoms with Crippen molar-refractivity contribution in [3.05, 3.63) is 0 Å². The fraction of sp³-hybridized carbons (Fsp3) is 1.00. The predicted molar refractivity (Wildman–Crippen MR) is 89.7 cm³/mol. The Morgan fingerprint density at radius 2 is 1.48 bits per heavy atom. The minimum absolute atomic E-state index is 0.265. The molecular weight excluding hydrogens is 258 g/mol. The molecule has 0 radical (unpaired) electrons. The van der Waals surface area contributed by atoms with Crippen molar-refractivity contribution in [2.75, 3.05) is 32.7 Å². The molecule has 3 nitrogen and oxygen atoms in total. The molecule has 0 amide bonds. The molecule has 1 aliphatic heterocycles. The highest BCUT2D eigenvalue weighted by molar-refractivity contribution is 4.94. The van der Waals surface area contributed by atoms with E-state index in [4.69, 9.17) is 0 Å². The summed E-state index contributed by atoms with van der Waals surface area (Å²) in [7, 11) is 0. The van der Waals surface area contributed by atoms with Gasteiger partial charge in [0.25, 0.3) is 0 Å². The molecule has 2 unspecified atom stereocenters. The SMILES string of the molecule is CC(C)(C)NCC1CCC1N1CCN(C2CCCC2)CC1. The summed E-state index contributed by atoms with van der Waals surface area (Å²) in [6.07, 6.45) is 8.71. The molecule has 2 aliphatic carbocycles. The molecule has 3 fully saturated rings. The largest absolute Gasteiger partial charge is 0.312 e. The maximum atomic E-state index is 3.71. The summed E-state index contributed by atoms with van der Waals surface area (Å²) in [4.78, 5) is 5.58. The van der Waals surface area contributed by atoms with Gasteiger partial charge < -0.3 is 5.32 Å². The van der Waals surface area contributed by atoms with Crippen LogP contribution in [0.3, 0.4) is 0 Å². The van der Waals surface area contributed by atoms with Gasteiger partial charge in [-0.1, -0.05) is 12.8 Å². The van der Waals surface area contributed by atoms with Gasteiger partial charge in [0.1, 0.15) is 0 Å².